The number of thioether (sulfide) groups is 1. The zero-order valence-electron chi connectivity index (χ0n) is 17.8. The van der Waals surface area contributed by atoms with Crippen LogP contribution in [0.1, 0.15) is 0 Å². The van der Waals surface area contributed by atoms with E-state index in [1.807, 2.05) is 0 Å². The Morgan fingerprint density at radius 2 is 1.81 bits per heavy atom. The van der Waals surface area contributed by atoms with Crippen LogP contribution in [0.2, 0.25) is 0 Å². The second-order valence-corrected chi connectivity index (χ2v) is 9.64. The van der Waals surface area contributed by atoms with Crippen LogP contribution in [0.5, 0.6) is 5.75 Å². The first-order valence-electron chi connectivity index (χ1n) is 9.79. The molecule has 0 aliphatic rings. The molecule has 4 rings (SSSR count). The van der Waals surface area contributed by atoms with Gasteiger partial charge in [-0.1, -0.05) is 11.8 Å². The molecule has 0 saturated carbocycles. The van der Waals surface area contributed by atoms with Crippen LogP contribution in [0.3, 0.4) is 0 Å². The van der Waals surface area contributed by atoms with Gasteiger partial charge >= 0.3 is 6.36 Å². The number of anilines is 1. The van der Waals surface area contributed by atoms with E-state index in [9.17, 15) is 31.2 Å². The normalized spacial score (nSPS) is 12.0. The number of nitrogens with two attached hydrogens (primary N) is 1. The number of H-pyrrole nitrogens is 1. The highest BCUT2D eigenvalue weighted by Crippen LogP contribution is 2.24. The molecule has 0 spiro atoms. The van der Waals surface area contributed by atoms with Gasteiger partial charge in [0.2, 0.25) is 15.9 Å². The molecule has 2 aromatic heterocycles. The van der Waals surface area contributed by atoms with Gasteiger partial charge in [-0.2, -0.15) is 5.10 Å². The highest BCUT2D eigenvalue weighted by atomic mass is 32.2. The third-order valence-corrected chi connectivity index (χ3v) is 6.34. The standard InChI is InChI=1S/C20H15F3N6O5S2/c21-20(22,23)34-13-5-1-11(2-6-13)26-16(30)10-35-19-27-17-15(18(31)28-19)9-25-29(17)12-3-7-14(8-4-12)36(24,32)33/h1-9H,10H2,(H,26,30)(H2,24,32,33)(H,27,28,31). The number of hydrogen-bond acceptors (Lipinski definition) is 8. The number of amides is 1. The molecule has 0 fully saturated rings. The molecular weight excluding hydrogens is 525 g/mol. The summed E-state index contributed by atoms with van der Waals surface area (Å²) in [6.45, 7) is 0. The van der Waals surface area contributed by atoms with Gasteiger partial charge in [0.05, 0.1) is 22.5 Å². The van der Waals surface area contributed by atoms with Crippen LogP contribution < -0.4 is 20.8 Å². The minimum Gasteiger partial charge on any atom is -0.406 e. The maximum absolute atomic E-state index is 12.4. The summed E-state index contributed by atoms with van der Waals surface area (Å²) in [5.74, 6) is -1.10. The van der Waals surface area contributed by atoms with Gasteiger partial charge < -0.3 is 15.0 Å². The van der Waals surface area contributed by atoms with Crippen LogP contribution in [-0.4, -0.2) is 46.2 Å². The minimum absolute atomic E-state index is 0.0988. The molecule has 0 radical (unpaired) electrons. The van der Waals surface area contributed by atoms with Crippen molar-refractivity contribution < 1.29 is 31.1 Å². The molecule has 0 aliphatic heterocycles. The molecule has 36 heavy (non-hydrogen) atoms. The predicted octanol–water partition coefficient (Wildman–Crippen LogP) is 2.39. The summed E-state index contributed by atoms with van der Waals surface area (Å²) >= 11 is 0.912. The van der Waals surface area contributed by atoms with Crippen LogP contribution in [-0.2, 0) is 14.8 Å². The van der Waals surface area contributed by atoms with Crippen molar-refractivity contribution >= 4 is 44.4 Å². The van der Waals surface area contributed by atoms with Crippen LogP contribution in [0.15, 0.2) is 69.6 Å². The number of primary sulfonamides is 1. The summed E-state index contributed by atoms with van der Waals surface area (Å²) in [5.41, 5.74) is 0.330. The molecule has 2 aromatic carbocycles. The topological polar surface area (TPSA) is 162 Å². The molecule has 2 heterocycles. The van der Waals surface area contributed by atoms with Crippen molar-refractivity contribution in [1.82, 2.24) is 19.7 Å². The van der Waals surface area contributed by atoms with E-state index in [4.69, 9.17) is 5.14 Å². The third-order valence-electron chi connectivity index (χ3n) is 4.54. The molecule has 0 saturated heterocycles. The first-order chi connectivity index (χ1) is 16.9. The van der Waals surface area contributed by atoms with Gasteiger partial charge in [0, 0.05) is 5.69 Å². The molecule has 4 N–H and O–H groups in total. The minimum atomic E-state index is -4.82. The van der Waals surface area contributed by atoms with E-state index < -0.39 is 33.6 Å². The Kier molecular flexibility index (Phi) is 6.75. The Labute approximate surface area is 204 Å². The highest BCUT2D eigenvalue weighted by molar-refractivity contribution is 7.99. The van der Waals surface area contributed by atoms with E-state index in [0.29, 0.717) is 5.69 Å². The number of nitrogens with zero attached hydrogens (tertiary/aromatic N) is 3. The number of carbonyl (C=O) groups is 1. The van der Waals surface area contributed by atoms with Crippen molar-refractivity contribution in [2.45, 2.75) is 16.4 Å². The Morgan fingerprint density at radius 3 is 2.42 bits per heavy atom. The van der Waals surface area contributed by atoms with Gasteiger partial charge in [0.15, 0.2) is 10.8 Å². The summed E-state index contributed by atoms with van der Waals surface area (Å²) in [4.78, 5) is 31.5. The number of rotatable bonds is 7. The van der Waals surface area contributed by atoms with Crippen LogP contribution >= 0.6 is 11.8 Å². The van der Waals surface area contributed by atoms with Crippen LogP contribution in [0.25, 0.3) is 16.7 Å². The smallest absolute Gasteiger partial charge is 0.406 e. The number of ether oxygens (including phenoxy) is 1. The lowest BCUT2D eigenvalue weighted by atomic mass is 10.3. The number of fused-ring (bicyclic) bond motifs is 1. The van der Waals surface area contributed by atoms with E-state index in [0.717, 1.165) is 23.9 Å². The van der Waals surface area contributed by atoms with Crippen molar-refractivity contribution in [1.29, 1.82) is 0 Å². The molecule has 0 unspecified atom stereocenters. The molecule has 16 heteroatoms. The number of aromatic nitrogens is 4. The van der Waals surface area contributed by atoms with Crippen LogP contribution in [0, 0.1) is 0 Å². The van der Waals surface area contributed by atoms with Gasteiger partial charge in [0.1, 0.15) is 11.1 Å². The lowest BCUT2D eigenvalue weighted by Crippen LogP contribution is -2.17. The number of halogens is 3. The number of benzene rings is 2. The first-order valence-corrected chi connectivity index (χ1v) is 12.3. The van der Waals surface area contributed by atoms with Gasteiger partial charge in [-0.25, -0.2) is 23.2 Å². The van der Waals surface area contributed by atoms with Crippen molar-refractivity contribution in [3.8, 4) is 11.4 Å². The molecule has 11 nitrogen and oxygen atoms in total. The largest absolute Gasteiger partial charge is 0.573 e. The number of hydrogen-bond donors (Lipinski definition) is 3. The number of nitrogens with one attached hydrogen (secondary N) is 2. The van der Waals surface area contributed by atoms with Gasteiger partial charge in [0.25, 0.3) is 5.56 Å². The Balaban J connectivity index is 1.47. The summed E-state index contributed by atoms with van der Waals surface area (Å²) in [6, 6.07) is 10.1. The molecule has 1 amide bonds. The average molecular weight is 541 g/mol. The maximum atomic E-state index is 12.4. The fraction of sp³-hybridized carbons (Fsp3) is 0.100. The fourth-order valence-corrected chi connectivity index (χ4v) is 4.17. The maximum Gasteiger partial charge on any atom is 0.573 e. The Bertz CT molecular complexity index is 1580. The van der Waals surface area contributed by atoms with Crippen molar-refractivity contribution in [2.24, 2.45) is 5.14 Å². The van der Waals surface area contributed by atoms with E-state index >= 15 is 0 Å². The first kappa shape index (κ1) is 25.2. The molecule has 0 bridgehead atoms. The zero-order valence-corrected chi connectivity index (χ0v) is 19.4. The van der Waals surface area contributed by atoms with Crippen molar-refractivity contribution in [2.75, 3.05) is 11.1 Å². The summed E-state index contributed by atoms with van der Waals surface area (Å²) in [5, 5.41) is 12.0. The molecule has 188 valence electrons. The van der Waals surface area contributed by atoms with E-state index in [1.165, 1.54) is 47.3 Å². The van der Waals surface area contributed by atoms with E-state index in [1.54, 1.807) is 0 Å². The quantitative estimate of drug-likeness (QED) is 0.238. The Hall–Kier alpha value is -3.89. The molecular formula is C20H15F3N6O5S2. The second-order valence-electron chi connectivity index (χ2n) is 7.11. The fourth-order valence-electron chi connectivity index (χ4n) is 3.00. The van der Waals surface area contributed by atoms with E-state index in [2.05, 4.69) is 25.1 Å². The predicted molar refractivity (Wildman–Crippen MR) is 123 cm³/mol. The summed E-state index contributed by atoms with van der Waals surface area (Å²) in [6.07, 6.45) is -3.53. The van der Waals surface area contributed by atoms with Crippen molar-refractivity contribution in [3.05, 3.63) is 65.1 Å². The SMILES string of the molecule is NS(=O)(=O)c1ccc(-n2ncc3c(=O)[nH]c(SCC(=O)Nc4ccc(OC(F)(F)F)cc4)nc32)cc1. The van der Waals surface area contributed by atoms with Crippen LogP contribution in [0.4, 0.5) is 18.9 Å². The van der Waals surface area contributed by atoms with Crippen molar-refractivity contribution in [3.63, 3.8) is 0 Å². The lowest BCUT2D eigenvalue weighted by molar-refractivity contribution is -0.274. The number of sulfonamides is 1. The zero-order chi connectivity index (χ0) is 26.1. The monoisotopic (exact) mass is 540 g/mol. The number of carbonyl (C=O) groups excluding carboxylic acids is 1. The van der Waals surface area contributed by atoms with Gasteiger partial charge in [-0.15, -0.1) is 13.2 Å². The van der Waals surface area contributed by atoms with Gasteiger partial charge in [-0.3, -0.25) is 9.59 Å². The molecule has 0 atom stereocenters. The summed E-state index contributed by atoms with van der Waals surface area (Å²) in [7, 11) is -3.88. The third kappa shape index (κ3) is 6.02. The lowest BCUT2D eigenvalue weighted by Gasteiger charge is -2.10. The Morgan fingerprint density at radius 1 is 1.14 bits per heavy atom. The van der Waals surface area contributed by atoms with E-state index in [-0.39, 0.29) is 32.5 Å². The number of alkyl halides is 3. The van der Waals surface area contributed by atoms with Gasteiger partial charge in [-0.05, 0) is 48.5 Å². The molecule has 0 aliphatic carbocycles. The molecule has 4 aromatic rings. The average Bonchev–Trinajstić information content (AvgIpc) is 3.22. The summed E-state index contributed by atoms with van der Waals surface area (Å²) < 4.78 is 64.7. The highest BCUT2D eigenvalue weighted by Gasteiger charge is 2.31. The second kappa shape index (κ2) is 9.63. The number of aromatic amines is 1.